The summed E-state index contributed by atoms with van der Waals surface area (Å²) in [6.07, 6.45) is 1.09. The third-order valence-corrected chi connectivity index (χ3v) is 4.50. The topological polar surface area (TPSA) is 70.5 Å². The van der Waals surface area contributed by atoms with E-state index in [1.54, 1.807) is 35.0 Å². The van der Waals surface area contributed by atoms with Crippen LogP contribution in [0.5, 0.6) is 0 Å². The molecule has 1 amide bonds. The first-order chi connectivity index (χ1) is 9.49. The first-order valence-corrected chi connectivity index (χ1v) is 8.47. The van der Waals surface area contributed by atoms with Crippen LogP contribution >= 0.6 is 23.1 Å². The maximum atomic E-state index is 11.8. The zero-order chi connectivity index (χ0) is 15.0. The Bertz CT molecular complexity index is 449. The molecule has 0 aliphatic rings. The molecule has 1 rings (SSSR count). The van der Waals surface area contributed by atoms with Crippen molar-refractivity contribution in [2.75, 3.05) is 19.3 Å². The summed E-state index contributed by atoms with van der Waals surface area (Å²) in [7, 11) is 1.72. The Labute approximate surface area is 127 Å². The van der Waals surface area contributed by atoms with Gasteiger partial charge in [-0.1, -0.05) is 0 Å². The van der Waals surface area contributed by atoms with Crippen molar-refractivity contribution in [1.82, 2.24) is 9.88 Å². The number of hydrogen-bond acceptors (Lipinski definition) is 5. The number of carboxylic acid groups (broad SMARTS) is 1. The zero-order valence-electron chi connectivity index (χ0n) is 11.8. The lowest BCUT2D eigenvalue weighted by Crippen LogP contribution is -2.28. The minimum absolute atomic E-state index is 0.0670. The van der Waals surface area contributed by atoms with Gasteiger partial charge in [-0.15, -0.1) is 11.3 Å². The lowest BCUT2D eigenvalue weighted by Gasteiger charge is -2.16. The minimum atomic E-state index is -0.819. The molecule has 0 atom stereocenters. The molecule has 0 aliphatic heterocycles. The normalized spacial score (nSPS) is 10.5. The molecule has 0 spiro atoms. The molecule has 0 bridgehead atoms. The lowest BCUT2D eigenvalue weighted by molar-refractivity contribution is -0.138. The Balaban J connectivity index is 2.11. The van der Waals surface area contributed by atoms with Crippen molar-refractivity contribution in [1.29, 1.82) is 0 Å². The monoisotopic (exact) mass is 316 g/mol. The standard InChI is InChI=1S/C13H20N2O3S2/c1-10-14-11(9-20-10)8-19-7-5-12(16)15(2)6-3-4-13(17)18/h9H,3-8H2,1-2H3,(H,17,18). The average Bonchev–Trinajstić information content (AvgIpc) is 2.79. The van der Waals surface area contributed by atoms with Gasteiger partial charge < -0.3 is 10.0 Å². The molecule has 1 heterocycles. The van der Waals surface area contributed by atoms with Crippen LogP contribution < -0.4 is 0 Å². The highest BCUT2D eigenvalue weighted by Crippen LogP contribution is 2.16. The second-order valence-corrected chi connectivity index (χ2v) is 6.64. The fraction of sp³-hybridized carbons (Fsp3) is 0.615. The minimum Gasteiger partial charge on any atom is -0.481 e. The average molecular weight is 316 g/mol. The molecule has 0 saturated heterocycles. The van der Waals surface area contributed by atoms with Crippen molar-refractivity contribution in [3.05, 3.63) is 16.1 Å². The van der Waals surface area contributed by atoms with E-state index in [0.717, 1.165) is 22.2 Å². The number of hydrogen-bond donors (Lipinski definition) is 1. The van der Waals surface area contributed by atoms with Crippen LogP contribution in [-0.2, 0) is 15.3 Å². The number of aliphatic carboxylic acids is 1. The summed E-state index contributed by atoms with van der Waals surface area (Å²) in [6.45, 7) is 2.48. The van der Waals surface area contributed by atoms with Crippen LogP contribution in [0.25, 0.3) is 0 Å². The summed E-state index contributed by atoms with van der Waals surface area (Å²) < 4.78 is 0. The number of carboxylic acids is 1. The van der Waals surface area contributed by atoms with E-state index in [9.17, 15) is 9.59 Å². The summed E-state index contributed by atoms with van der Waals surface area (Å²) in [5.41, 5.74) is 1.07. The molecule has 5 nitrogen and oxygen atoms in total. The fourth-order valence-electron chi connectivity index (χ4n) is 1.59. The van der Waals surface area contributed by atoms with Crippen molar-refractivity contribution < 1.29 is 14.7 Å². The predicted molar refractivity (Wildman–Crippen MR) is 82.1 cm³/mol. The summed E-state index contributed by atoms with van der Waals surface area (Å²) in [5.74, 6) is 0.844. The Kier molecular flexibility index (Phi) is 7.61. The molecule has 112 valence electrons. The highest BCUT2D eigenvalue weighted by Gasteiger charge is 2.09. The third-order valence-electron chi connectivity index (χ3n) is 2.69. The molecular formula is C13H20N2O3S2. The zero-order valence-corrected chi connectivity index (χ0v) is 13.4. The smallest absolute Gasteiger partial charge is 0.303 e. The van der Waals surface area contributed by atoms with Crippen LogP contribution in [0.1, 0.15) is 30.0 Å². The fourth-order valence-corrected chi connectivity index (χ4v) is 3.13. The van der Waals surface area contributed by atoms with Gasteiger partial charge >= 0.3 is 5.97 Å². The van der Waals surface area contributed by atoms with Crippen molar-refractivity contribution in [3.63, 3.8) is 0 Å². The van der Waals surface area contributed by atoms with Gasteiger partial charge in [0.15, 0.2) is 0 Å². The number of aryl methyl sites for hydroxylation is 1. The Morgan fingerprint density at radius 2 is 2.20 bits per heavy atom. The van der Waals surface area contributed by atoms with E-state index in [2.05, 4.69) is 4.98 Å². The first kappa shape index (κ1) is 17.0. The van der Waals surface area contributed by atoms with E-state index >= 15 is 0 Å². The summed E-state index contributed by atoms with van der Waals surface area (Å²) in [4.78, 5) is 28.1. The number of aromatic nitrogens is 1. The van der Waals surface area contributed by atoms with Gasteiger partial charge in [0, 0.05) is 43.3 Å². The van der Waals surface area contributed by atoms with Crippen molar-refractivity contribution in [2.45, 2.75) is 31.9 Å². The molecule has 0 aliphatic carbocycles. The van der Waals surface area contributed by atoms with Crippen LogP contribution in [0.2, 0.25) is 0 Å². The molecule has 0 aromatic carbocycles. The van der Waals surface area contributed by atoms with Gasteiger partial charge in [0.25, 0.3) is 0 Å². The van der Waals surface area contributed by atoms with Crippen molar-refractivity contribution in [3.8, 4) is 0 Å². The maximum absolute atomic E-state index is 11.8. The van der Waals surface area contributed by atoms with E-state index in [4.69, 9.17) is 5.11 Å². The first-order valence-electron chi connectivity index (χ1n) is 6.43. The van der Waals surface area contributed by atoms with Crippen LogP contribution in [0.3, 0.4) is 0 Å². The number of amides is 1. The molecule has 20 heavy (non-hydrogen) atoms. The Morgan fingerprint density at radius 3 is 2.80 bits per heavy atom. The van der Waals surface area contributed by atoms with E-state index in [-0.39, 0.29) is 12.3 Å². The number of thioether (sulfide) groups is 1. The highest BCUT2D eigenvalue weighted by molar-refractivity contribution is 7.98. The van der Waals surface area contributed by atoms with Crippen LogP contribution in [0, 0.1) is 6.92 Å². The molecule has 7 heteroatoms. The largest absolute Gasteiger partial charge is 0.481 e. The van der Waals surface area contributed by atoms with Crippen molar-refractivity contribution in [2.24, 2.45) is 0 Å². The molecule has 1 N–H and O–H groups in total. The van der Waals surface area contributed by atoms with E-state index in [1.807, 2.05) is 12.3 Å². The quantitative estimate of drug-likeness (QED) is 0.708. The lowest BCUT2D eigenvalue weighted by atomic mass is 10.3. The second kappa shape index (κ2) is 8.97. The van der Waals surface area contributed by atoms with E-state index < -0.39 is 5.97 Å². The van der Waals surface area contributed by atoms with Gasteiger partial charge in [0.1, 0.15) is 0 Å². The molecule has 0 radical (unpaired) electrons. The van der Waals surface area contributed by atoms with Gasteiger partial charge in [-0.3, -0.25) is 9.59 Å². The van der Waals surface area contributed by atoms with Gasteiger partial charge in [-0.05, 0) is 13.3 Å². The molecule has 1 aromatic heterocycles. The summed E-state index contributed by atoms with van der Waals surface area (Å²) in [5, 5.41) is 11.6. The van der Waals surface area contributed by atoms with Gasteiger partial charge in [-0.2, -0.15) is 11.8 Å². The van der Waals surface area contributed by atoms with Crippen LogP contribution in [0.15, 0.2) is 5.38 Å². The van der Waals surface area contributed by atoms with Crippen molar-refractivity contribution >= 4 is 35.0 Å². The SMILES string of the molecule is Cc1nc(CSCCC(=O)N(C)CCCC(=O)O)cs1. The second-order valence-electron chi connectivity index (χ2n) is 4.47. The maximum Gasteiger partial charge on any atom is 0.303 e. The highest BCUT2D eigenvalue weighted by atomic mass is 32.2. The van der Waals surface area contributed by atoms with Gasteiger partial charge in [-0.25, -0.2) is 4.98 Å². The number of thiazole rings is 1. The number of carbonyl (C=O) groups excluding carboxylic acids is 1. The molecule has 0 unspecified atom stereocenters. The van der Waals surface area contributed by atoms with E-state index in [1.165, 1.54) is 0 Å². The van der Waals surface area contributed by atoms with Gasteiger partial charge in [0.2, 0.25) is 5.91 Å². The summed E-state index contributed by atoms with van der Waals surface area (Å²) >= 11 is 3.33. The van der Waals surface area contributed by atoms with Crippen LogP contribution in [-0.4, -0.2) is 46.2 Å². The molecule has 0 fully saturated rings. The number of rotatable bonds is 9. The Morgan fingerprint density at radius 1 is 1.45 bits per heavy atom. The third kappa shape index (κ3) is 6.91. The number of carbonyl (C=O) groups is 2. The van der Waals surface area contributed by atoms with Crippen LogP contribution in [0.4, 0.5) is 0 Å². The summed E-state index contributed by atoms with van der Waals surface area (Å²) in [6, 6.07) is 0. The number of nitrogens with zero attached hydrogens (tertiary/aromatic N) is 2. The molecule has 1 aromatic rings. The van der Waals surface area contributed by atoms with E-state index in [0.29, 0.717) is 19.4 Å². The Hall–Kier alpha value is -1.08. The van der Waals surface area contributed by atoms with Gasteiger partial charge in [0.05, 0.1) is 10.7 Å². The molecule has 0 saturated carbocycles. The molecular weight excluding hydrogens is 296 g/mol. The predicted octanol–water partition coefficient (Wildman–Crippen LogP) is 2.40.